The van der Waals surface area contributed by atoms with Crippen LogP contribution in [0.2, 0.25) is 0 Å². The zero-order chi connectivity index (χ0) is 20.8. The molecule has 1 fully saturated rings. The average molecular weight is 471 g/mol. The Morgan fingerprint density at radius 3 is 2.79 bits per heavy atom. The van der Waals surface area contributed by atoms with E-state index in [-0.39, 0.29) is 17.7 Å². The van der Waals surface area contributed by atoms with Crippen LogP contribution < -0.4 is 14.8 Å². The van der Waals surface area contributed by atoms with E-state index >= 15 is 0 Å². The SMILES string of the molecule is C#CCOc1c(Br)cc(/C=C2\SC(=NC(=O)c3ccccc3)NC2=O)cc1OC. The number of nitrogens with zero attached hydrogens (tertiary/aromatic N) is 1. The molecule has 3 rings (SSSR count). The number of ether oxygens (including phenoxy) is 2. The van der Waals surface area contributed by atoms with Crippen LogP contribution in [0.4, 0.5) is 0 Å². The summed E-state index contributed by atoms with van der Waals surface area (Å²) in [6.07, 6.45) is 6.91. The highest BCUT2D eigenvalue weighted by Gasteiger charge is 2.25. The zero-order valence-corrected chi connectivity index (χ0v) is 17.7. The summed E-state index contributed by atoms with van der Waals surface area (Å²) in [6, 6.07) is 12.1. The van der Waals surface area contributed by atoms with Crippen molar-refractivity contribution < 1.29 is 19.1 Å². The predicted molar refractivity (Wildman–Crippen MR) is 117 cm³/mol. The minimum atomic E-state index is -0.422. The number of thioether (sulfide) groups is 1. The molecule has 0 aliphatic carbocycles. The number of benzene rings is 2. The molecule has 1 N–H and O–H groups in total. The summed E-state index contributed by atoms with van der Waals surface area (Å²) < 4.78 is 11.5. The standard InChI is InChI=1S/C21H15BrN2O4S/c1-3-9-28-18-15(22)10-13(11-16(18)27-2)12-17-20(26)24-21(29-17)23-19(25)14-7-5-4-6-8-14/h1,4-8,10-12H,9H2,2H3,(H,23,24,25,26)/b17-12-. The second-order valence-corrected chi connectivity index (χ2v) is 7.56. The zero-order valence-electron chi connectivity index (χ0n) is 15.3. The third kappa shape index (κ3) is 5.08. The van der Waals surface area contributed by atoms with Gasteiger partial charge in [-0.25, -0.2) is 0 Å². The monoisotopic (exact) mass is 470 g/mol. The summed E-state index contributed by atoms with van der Waals surface area (Å²) in [5.74, 6) is 2.59. The highest BCUT2D eigenvalue weighted by atomic mass is 79.9. The number of amides is 2. The van der Waals surface area contributed by atoms with Crippen molar-refractivity contribution in [3.05, 3.63) is 63.0 Å². The smallest absolute Gasteiger partial charge is 0.279 e. The van der Waals surface area contributed by atoms with Gasteiger partial charge in [0.05, 0.1) is 16.5 Å². The first-order chi connectivity index (χ1) is 14.0. The summed E-state index contributed by atoms with van der Waals surface area (Å²) in [5, 5.41) is 2.83. The molecular formula is C21H15BrN2O4S. The number of halogens is 1. The van der Waals surface area contributed by atoms with Crippen LogP contribution in [0.3, 0.4) is 0 Å². The lowest BCUT2D eigenvalue weighted by atomic mass is 10.2. The van der Waals surface area contributed by atoms with Crippen molar-refractivity contribution >= 4 is 50.7 Å². The third-order valence-electron chi connectivity index (χ3n) is 3.72. The highest BCUT2D eigenvalue weighted by Crippen LogP contribution is 2.38. The molecule has 0 radical (unpaired) electrons. The maximum Gasteiger partial charge on any atom is 0.279 e. The number of rotatable bonds is 5. The molecule has 1 aliphatic heterocycles. The van der Waals surface area contributed by atoms with Gasteiger partial charge in [0.25, 0.3) is 11.8 Å². The van der Waals surface area contributed by atoms with E-state index in [0.717, 1.165) is 11.8 Å². The predicted octanol–water partition coefficient (Wildman–Crippen LogP) is 3.87. The van der Waals surface area contributed by atoms with Crippen molar-refractivity contribution in [2.75, 3.05) is 13.7 Å². The van der Waals surface area contributed by atoms with Crippen LogP contribution in [0.1, 0.15) is 15.9 Å². The molecule has 1 heterocycles. The summed E-state index contributed by atoms with van der Waals surface area (Å²) in [6.45, 7) is 0.100. The number of methoxy groups -OCH3 is 1. The highest BCUT2D eigenvalue weighted by molar-refractivity contribution is 9.10. The van der Waals surface area contributed by atoms with Gasteiger partial charge in [-0.3, -0.25) is 9.59 Å². The fourth-order valence-electron chi connectivity index (χ4n) is 2.45. The molecule has 0 saturated carbocycles. The van der Waals surface area contributed by atoms with Crippen LogP contribution in [0.25, 0.3) is 6.08 Å². The van der Waals surface area contributed by atoms with Gasteiger partial charge in [0.1, 0.15) is 6.61 Å². The van der Waals surface area contributed by atoms with Gasteiger partial charge in [-0.15, -0.1) is 6.42 Å². The van der Waals surface area contributed by atoms with Gasteiger partial charge in [-0.05, 0) is 63.6 Å². The molecule has 0 aromatic heterocycles. The minimum Gasteiger partial charge on any atom is -0.493 e. The number of hydrogen-bond acceptors (Lipinski definition) is 5. The summed E-state index contributed by atoms with van der Waals surface area (Å²) in [5.41, 5.74) is 1.15. The van der Waals surface area contributed by atoms with Gasteiger partial charge in [0.15, 0.2) is 16.7 Å². The van der Waals surface area contributed by atoms with Gasteiger partial charge in [-0.2, -0.15) is 4.99 Å². The van der Waals surface area contributed by atoms with Crippen LogP contribution >= 0.6 is 27.7 Å². The average Bonchev–Trinajstić information content (AvgIpc) is 3.06. The lowest BCUT2D eigenvalue weighted by molar-refractivity contribution is -0.115. The molecule has 0 bridgehead atoms. The van der Waals surface area contributed by atoms with Crippen molar-refractivity contribution in [2.24, 2.45) is 4.99 Å². The fraction of sp³-hybridized carbons (Fsp3) is 0.0952. The van der Waals surface area contributed by atoms with E-state index in [4.69, 9.17) is 15.9 Å². The Labute approximate surface area is 180 Å². The van der Waals surface area contributed by atoms with Gasteiger partial charge < -0.3 is 14.8 Å². The molecule has 2 aromatic rings. The largest absolute Gasteiger partial charge is 0.493 e. The molecule has 6 nitrogen and oxygen atoms in total. The number of amidine groups is 1. The van der Waals surface area contributed by atoms with Gasteiger partial charge in [0, 0.05) is 5.56 Å². The molecule has 1 aliphatic rings. The number of nitrogens with one attached hydrogen (secondary N) is 1. The molecule has 0 atom stereocenters. The lowest BCUT2D eigenvalue weighted by Gasteiger charge is -2.12. The van der Waals surface area contributed by atoms with Crippen LogP contribution in [0, 0.1) is 12.3 Å². The molecule has 2 amide bonds. The summed E-state index contributed by atoms with van der Waals surface area (Å²) >= 11 is 4.52. The Hall–Kier alpha value is -3.02. The Bertz CT molecular complexity index is 1060. The Balaban J connectivity index is 1.83. The maximum absolute atomic E-state index is 12.3. The Morgan fingerprint density at radius 1 is 1.34 bits per heavy atom. The third-order valence-corrected chi connectivity index (χ3v) is 5.22. The molecule has 8 heteroatoms. The van der Waals surface area contributed by atoms with E-state index in [9.17, 15) is 9.59 Å². The summed E-state index contributed by atoms with van der Waals surface area (Å²) in [7, 11) is 1.51. The molecule has 0 unspecified atom stereocenters. The van der Waals surface area contributed by atoms with Crippen molar-refractivity contribution in [3.63, 3.8) is 0 Å². The van der Waals surface area contributed by atoms with E-state index in [2.05, 4.69) is 32.2 Å². The van der Waals surface area contributed by atoms with E-state index in [1.165, 1.54) is 7.11 Å². The number of carbonyl (C=O) groups excluding carboxylic acids is 2. The maximum atomic E-state index is 12.3. The Kier molecular flexibility index (Phi) is 6.75. The van der Waals surface area contributed by atoms with Gasteiger partial charge in [-0.1, -0.05) is 24.1 Å². The number of terminal acetylenes is 1. The quantitative estimate of drug-likeness (QED) is 0.530. The second-order valence-electron chi connectivity index (χ2n) is 5.68. The number of aliphatic imine (C=N–C) groups is 1. The fourth-order valence-corrected chi connectivity index (χ4v) is 3.84. The topological polar surface area (TPSA) is 77.0 Å². The van der Waals surface area contributed by atoms with E-state index in [1.54, 1.807) is 42.5 Å². The van der Waals surface area contributed by atoms with E-state index in [1.807, 2.05) is 6.07 Å². The number of hydrogen-bond donors (Lipinski definition) is 1. The number of carbonyl (C=O) groups is 2. The van der Waals surface area contributed by atoms with Crippen molar-refractivity contribution in [1.82, 2.24) is 5.32 Å². The van der Waals surface area contributed by atoms with Crippen LogP contribution in [-0.2, 0) is 4.79 Å². The first-order valence-electron chi connectivity index (χ1n) is 8.34. The van der Waals surface area contributed by atoms with E-state index < -0.39 is 5.91 Å². The first kappa shape index (κ1) is 20.7. The van der Waals surface area contributed by atoms with Crippen LogP contribution in [-0.4, -0.2) is 30.7 Å². The molecule has 29 heavy (non-hydrogen) atoms. The van der Waals surface area contributed by atoms with E-state index in [0.29, 0.717) is 32.0 Å². The van der Waals surface area contributed by atoms with Crippen molar-refractivity contribution in [2.45, 2.75) is 0 Å². The molecule has 2 aromatic carbocycles. The second kappa shape index (κ2) is 9.45. The minimum absolute atomic E-state index is 0.100. The van der Waals surface area contributed by atoms with Crippen molar-refractivity contribution in [3.8, 4) is 23.8 Å². The normalized spacial score (nSPS) is 15.8. The molecular weight excluding hydrogens is 456 g/mol. The molecule has 0 spiro atoms. The first-order valence-corrected chi connectivity index (χ1v) is 9.95. The molecule has 1 saturated heterocycles. The lowest BCUT2D eigenvalue weighted by Crippen LogP contribution is -2.20. The van der Waals surface area contributed by atoms with Gasteiger partial charge >= 0.3 is 0 Å². The van der Waals surface area contributed by atoms with Gasteiger partial charge in [0.2, 0.25) is 0 Å². The van der Waals surface area contributed by atoms with Crippen LogP contribution in [0.5, 0.6) is 11.5 Å². The van der Waals surface area contributed by atoms with Crippen molar-refractivity contribution in [1.29, 1.82) is 0 Å². The summed E-state index contributed by atoms with van der Waals surface area (Å²) in [4.78, 5) is 28.9. The van der Waals surface area contributed by atoms with Crippen LogP contribution in [0.15, 0.2) is 56.8 Å². The molecule has 146 valence electrons. The Morgan fingerprint density at radius 2 is 2.10 bits per heavy atom.